The van der Waals surface area contributed by atoms with Crippen LogP contribution in [0.25, 0.3) is 22.2 Å². The predicted molar refractivity (Wildman–Crippen MR) is 98.8 cm³/mol. The van der Waals surface area contributed by atoms with E-state index in [2.05, 4.69) is 33.1 Å². The van der Waals surface area contributed by atoms with Crippen molar-refractivity contribution in [1.82, 2.24) is 19.3 Å². The van der Waals surface area contributed by atoms with E-state index in [0.717, 1.165) is 45.2 Å². The topological polar surface area (TPSA) is 66.1 Å². The summed E-state index contributed by atoms with van der Waals surface area (Å²) < 4.78 is 14.7. The van der Waals surface area contributed by atoms with Crippen LogP contribution in [-0.4, -0.2) is 26.1 Å². The van der Waals surface area contributed by atoms with E-state index < -0.39 is 0 Å². The number of fused-ring (bicyclic) bond motifs is 2. The minimum absolute atomic E-state index is 0.267. The molecule has 0 unspecified atom stereocenters. The Labute approximate surface area is 149 Å². The third kappa shape index (κ3) is 2.36. The fourth-order valence-corrected chi connectivity index (χ4v) is 3.25. The maximum Gasteiger partial charge on any atom is 0.231 e. The van der Waals surface area contributed by atoms with Crippen LogP contribution in [0.1, 0.15) is 0 Å². The molecule has 0 saturated carbocycles. The normalized spacial score (nSPS) is 12.7. The van der Waals surface area contributed by atoms with Crippen LogP contribution in [0.2, 0.25) is 0 Å². The van der Waals surface area contributed by atoms with Gasteiger partial charge in [0.15, 0.2) is 11.5 Å². The Morgan fingerprint density at radius 3 is 2.77 bits per heavy atom. The Hall–Kier alpha value is -3.48. The van der Waals surface area contributed by atoms with Gasteiger partial charge in [-0.3, -0.25) is 4.68 Å². The van der Waals surface area contributed by atoms with E-state index in [4.69, 9.17) is 9.47 Å². The average molecular weight is 347 g/mol. The second-order valence-corrected chi connectivity index (χ2v) is 6.31. The highest BCUT2D eigenvalue weighted by atomic mass is 16.7. The van der Waals surface area contributed by atoms with Gasteiger partial charge in [-0.2, -0.15) is 5.10 Å². The van der Waals surface area contributed by atoms with Crippen molar-refractivity contribution in [3.63, 3.8) is 0 Å². The molecule has 7 nitrogen and oxygen atoms in total. The van der Waals surface area contributed by atoms with Crippen molar-refractivity contribution < 1.29 is 9.47 Å². The quantitative estimate of drug-likeness (QED) is 0.615. The summed E-state index contributed by atoms with van der Waals surface area (Å²) in [5.41, 5.74) is 4.19. The van der Waals surface area contributed by atoms with E-state index in [0.29, 0.717) is 0 Å². The van der Waals surface area contributed by atoms with Gasteiger partial charge in [-0.15, -0.1) is 0 Å². The number of rotatable bonds is 3. The summed E-state index contributed by atoms with van der Waals surface area (Å²) in [7, 11) is 3.97. The van der Waals surface area contributed by atoms with Crippen LogP contribution >= 0.6 is 0 Å². The predicted octanol–water partition coefficient (Wildman–Crippen LogP) is 3.45. The highest BCUT2D eigenvalue weighted by molar-refractivity contribution is 5.88. The van der Waals surface area contributed by atoms with Crippen LogP contribution in [-0.2, 0) is 14.1 Å². The van der Waals surface area contributed by atoms with E-state index >= 15 is 0 Å². The Morgan fingerprint density at radius 2 is 1.92 bits per heavy atom. The molecule has 0 aliphatic carbocycles. The number of ether oxygens (including phenoxy) is 2. The molecule has 1 aliphatic heterocycles. The van der Waals surface area contributed by atoms with E-state index in [1.165, 1.54) is 0 Å². The molecule has 0 bridgehead atoms. The maximum absolute atomic E-state index is 5.43. The number of nitrogens with zero attached hydrogens (tertiary/aromatic N) is 4. The van der Waals surface area contributed by atoms with Crippen LogP contribution in [0.5, 0.6) is 11.5 Å². The smallest absolute Gasteiger partial charge is 0.231 e. The standard InChI is InChI=1S/C19H17N5O2/c1-23-10-13(9-21-23)15-5-12-8-20-19(7-16(12)24(15)2)22-14-3-4-17-18(6-14)26-11-25-17/h3-10H,11H2,1-2H3,(H,20,22). The third-order valence-electron chi connectivity index (χ3n) is 4.57. The first-order chi connectivity index (χ1) is 12.7. The van der Waals surface area contributed by atoms with Crippen molar-refractivity contribution in [2.75, 3.05) is 12.1 Å². The maximum atomic E-state index is 5.43. The van der Waals surface area contributed by atoms with Crippen molar-refractivity contribution in [3.8, 4) is 22.8 Å². The lowest BCUT2D eigenvalue weighted by atomic mass is 10.2. The van der Waals surface area contributed by atoms with E-state index in [-0.39, 0.29) is 6.79 Å². The van der Waals surface area contributed by atoms with Gasteiger partial charge in [0.1, 0.15) is 5.82 Å². The molecule has 4 heterocycles. The molecule has 0 spiro atoms. The van der Waals surface area contributed by atoms with Gasteiger partial charge in [0.25, 0.3) is 0 Å². The van der Waals surface area contributed by atoms with Crippen LogP contribution in [0.15, 0.2) is 48.9 Å². The molecule has 4 aromatic rings. The molecule has 3 aromatic heterocycles. The molecule has 26 heavy (non-hydrogen) atoms. The Balaban J connectivity index is 1.50. The molecule has 1 N–H and O–H groups in total. The van der Waals surface area contributed by atoms with Gasteiger partial charge in [-0.1, -0.05) is 0 Å². The zero-order valence-corrected chi connectivity index (χ0v) is 14.4. The first-order valence-electron chi connectivity index (χ1n) is 8.28. The molecule has 0 amide bonds. The lowest BCUT2D eigenvalue weighted by Gasteiger charge is -2.07. The zero-order valence-electron chi connectivity index (χ0n) is 14.4. The summed E-state index contributed by atoms with van der Waals surface area (Å²) in [6.07, 6.45) is 5.76. The van der Waals surface area contributed by atoms with Crippen molar-refractivity contribution >= 4 is 22.4 Å². The summed E-state index contributed by atoms with van der Waals surface area (Å²) in [5.74, 6) is 2.28. The number of anilines is 2. The second-order valence-electron chi connectivity index (χ2n) is 6.31. The van der Waals surface area contributed by atoms with Crippen molar-refractivity contribution in [2.24, 2.45) is 14.1 Å². The number of nitrogens with one attached hydrogen (secondary N) is 1. The van der Waals surface area contributed by atoms with E-state index in [9.17, 15) is 0 Å². The summed E-state index contributed by atoms with van der Waals surface area (Å²) in [6, 6.07) is 9.93. The molecular formula is C19H17N5O2. The fraction of sp³-hybridized carbons (Fsp3) is 0.158. The molecule has 1 aromatic carbocycles. The summed E-state index contributed by atoms with van der Waals surface area (Å²) in [4.78, 5) is 4.53. The van der Waals surface area contributed by atoms with Crippen molar-refractivity contribution in [3.05, 3.63) is 48.9 Å². The number of hydrogen-bond acceptors (Lipinski definition) is 5. The molecule has 130 valence electrons. The number of aryl methyl sites for hydroxylation is 2. The summed E-state index contributed by atoms with van der Waals surface area (Å²) in [6.45, 7) is 0.267. The van der Waals surface area contributed by atoms with E-state index in [1.54, 1.807) is 4.68 Å². The Kier molecular flexibility index (Phi) is 3.15. The number of benzene rings is 1. The Morgan fingerprint density at radius 1 is 1.04 bits per heavy atom. The molecule has 5 rings (SSSR count). The molecule has 0 fully saturated rings. The van der Waals surface area contributed by atoms with Crippen LogP contribution < -0.4 is 14.8 Å². The van der Waals surface area contributed by atoms with Crippen LogP contribution in [0.3, 0.4) is 0 Å². The first-order valence-corrected chi connectivity index (χ1v) is 8.28. The lowest BCUT2D eigenvalue weighted by molar-refractivity contribution is 0.174. The van der Waals surface area contributed by atoms with Gasteiger partial charge in [0.05, 0.1) is 17.4 Å². The fourth-order valence-electron chi connectivity index (χ4n) is 3.25. The number of aromatic nitrogens is 4. The van der Waals surface area contributed by atoms with Crippen molar-refractivity contribution in [2.45, 2.75) is 0 Å². The molecule has 0 atom stereocenters. The lowest BCUT2D eigenvalue weighted by Crippen LogP contribution is -1.95. The molecule has 1 aliphatic rings. The largest absolute Gasteiger partial charge is 0.454 e. The van der Waals surface area contributed by atoms with E-state index in [1.807, 2.05) is 49.9 Å². The number of hydrogen-bond donors (Lipinski definition) is 1. The minimum atomic E-state index is 0.267. The third-order valence-corrected chi connectivity index (χ3v) is 4.57. The number of pyridine rings is 1. The Bertz CT molecular complexity index is 1130. The molecule has 0 radical (unpaired) electrons. The van der Waals surface area contributed by atoms with Gasteiger partial charge < -0.3 is 19.4 Å². The molecule has 7 heteroatoms. The van der Waals surface area contributed by atoms with Gasteiger partial charge in [-0.25, -0.2) is 4.98 Å². The highest BCUT2D eigenvalue weighted by Crippen LogP contribution is 2.35. The van der Waals surface area contributed by atoms with Crippen LogP contribution in [0.4, 0.5) is 11.5 Å². The molecular weight excluding hydrogens is 330 g/mol. The monoisotopic (exact) mass is 347 g/mol. The second kappa shape index (κ2) is 5.52. The highest BCUT2D eigenvalue weighted by Gasteiger charge is 2.14. The van der Waals surface area contributed by atoms with Gasteiger partial charge in [0.2, 0.25) is 6.79 Å². The van der Waals surface area contributed by atoms with Gasteiger partial charge in [0, 0.05) is 55.3 Å². The summed E-state index contributed by atoms with van der Waals surface area (Å²) >= 11 is 0. The molecule has 0 saturated heterocycles. The van der Waals surface area contributed by atoms with Gasteiger partial charge >= 0.3 is 0 Å². The minimum Gasteiger partial charge on any atom is -0.454 e. The zero-order chi connectivity index (χ0) is 17.7. The SMILES string of the molecule is Cn1cc(-c2cc3cnc(Nc4ccc5c(c4)OCO5)cc3n2C)cn1. The van der Waals surface area contributed by atoms with Gasteiger partial charge in [-0.05, 0) is 18.2 Å². The average Bonchev–Trinajstić information content (AvgIpc) is 3.34. The first kappa shape index (κ1) is 14.8. The van der Waals surface area contributed by atoms with Crippen molar-refractivity contribution in [1.29, 1.82) is 0 Å². The van der Waals surface area contributed by atoms with Crippen LogP contribution in [0, 0.1) is 0 Å². The summed E-state index contributed by atoms with van der Waals surface area (Å²) in [5, 5.41) is 8.67.